The first-order chi connectivity index (χ1) is 18.1. The standard InChI is InChI=1S/C33H24O4/c1-20-10-6-9-15-28(20)33(22-11-4-3-5-12-22)18-21-19-36-32(34)27-16-25-23-13-7-8-14-24(23)29(35-2)17-26(25)31(37-33)30(21)27/h3-18H,19H2,1-2H3. The second-order valence-electron chi connectivity index (χ2n) is 9.61. The van der Waals surface area contributed by atoms with Gasteiger partial charge in [0, 0.05) is 33.0 Å². The maximum atomic E-state index is 13.1. The van der Waals surface area contributed by atoms with Crippen molar-refractivity contribution in [2.45, 2.75) is 12.5 Å². The number of carbonyl (C=O) groups excluding carboxylic acids is 1. The zero-order valence-corrected chi connectivity index (χ0v) is 20.6. The first-order valence-electron chi connectivity index (χ1n) is 12.4. The Morgan fingerprint density at radius 2 is 1.54 bits per heavy atom. The largest absolute Gasteiger partial charge is 0.496 e. The Hall–Kier alpha value is -4.57. The molecule has 0 radical (unpaired) electrons. The Balaban J connectivity index is 1.64. The molecule has 0 aromatic heterocycles. The molecule has 0 saturated heterocycles. The van der Waals surface area contributed by atoms with Crippen molar-refractivity contribution in [1.82, 2.24) is 0 Å². The van der Waals surface area contributed by atoms with Crippen LogP contribution in [0.3, 0.4) is 0 Å². The van der Waals surface area contributed by atoms with Gasteiger partial charge in [0.2, 0.25) is 0 Å². The summed E-state index contributed by atoms with van der Waals surface area (Å²) in [7, 11) is 1.68. The molecule has 1 atom stereocenters. The Morgan fingerprint density at radius 3 is 2.32 bits per heavy atom. The molecule has 4 heteroatoms. The zero-order chi connectivity index (χ0) is 25.1. The van der Waals surface area contributed by atoms with Gasteiger partial charge in [-0.15, -0.1) is 0 Å². The van der Waals surface area contributed by atoms with Crippen LogP contribution in [0.5, 0.6) is 11.5 Å². The summed E-state index contributed by atoms with van der Waals surface area (Å²) in [6.45, 7) is 2.29. The van der Waals surface area contributed by atoms with Crippen LogP contribution in [0, 0.1) is 6.92 Å². The highest BCUT2D eigenvalue weighted by Crippen LogP contribution is 2.52. The molecule has 0 aliphatic carbocycles. The molecule has 0 bridgehead atoms. The number of hydrogen-bond donors (Lipinski definition) is 0. The van der Waals surface area contributed by atoms with Crippen molar-refractivity contribution >= 4 is 33.1 Å². The second kappa shape index (κ2) is 7.97. The van der Waals surface area contributed by atoms with Gasteiger partial charge >= 0.3 is 5.97 Å². The molecule has 0 saturated carbocycles. The molecule has 0 fully saturated rings. The van der Waals surface area contributed by atoms with Crippen LogP contribution in [-0.4, -0.2) is 19.7 Å². The summed E-state index contributed by atoms with van der Waals surface area (Å²) in [5.41, 5.74) is 4.54. The van der Waals surface area contributed by atoms with Crippen molar-refractivity contribution in [3.63, 3.8) is 0 Å². The lowest BCUT2D eigenvalue weighted by molar-refractivity contribution is 0.0534. The number of methoxy groups -OCH3 is 1. The van der Waals surface area contributed by atoms with E-state index in [1.807, 2.05) is 60.7 Å². The highest BCUT2D eigenvalue weighted by atomic mass is 16.5. The number of hydrogen-bond acceptors (Lipinski definition) is 4. The van der Waals surface area contributed by atoms with E-state index in [0.29, 0.717) is 11.3 Å². The van der Waals surface area contributed by atoms with Gasteiger partial charge in [0.25, 0.3) is 0 Å². The Kier molecular flexibility index (Phi) is 4.67. The molecule has 0 spiro atoms. The highest BCUT2D eigenvalue weighted by molar-refractivity contribution is 6.17. The van der Waals surface area contributed by atoms with E-state index in [9.17, 15) is 4.79 Å². The maximum Gasteiger partial charge on any atom is 0.339 e. The van der Waals surface area contributed by atoms with Crippen LogP contribution in [0.1, 0.15) is 32.6 Å². The van der Waals surface area contributed by atoms with E-state index in [4.69, 9.17) is 14.2 Å². The van der Waals surface area contributed by atoms with E-state index in [1.165, 1.54) is 0 Å². The molecule has 2 heterocycles. The molecule has 7 rings (SSSR count). The molecule has 5 aromatic rings. The van der Waals surface area contributed by atoms with E-state index in [2.05, 4.69) is 43.3 Å². The SMILES string of the molecule is COc1cc2c3c4c(cc2c2ccccc12)C(=O)OCC4=CC(c1ccccc1)(c1ccccc1C)O3. The van der Waals surface area contributed by atoms with Gasteiger partial charge in [-0.25, -0.2) is 4.79 Å². The van der Waals surface area contributed by atoms with Crippen LogP contribution in [0.4, 0.5) is 0 Å². The molecule has 180 valence electrons. The fourth-order valence-corrected chi connectivity index (χ4v) is 5.88. The van der Waals surface area contributed by atoms with Crippen molar-refractivity contribution in [1.29, 1.82) is 0 Å². The Morgan fingerprint density at radius 1 is 0.811 bits per heavy atom. The summed E-state index contributed by atoms with van der Waals surface area (Å²) in [6, 6.07) is 30.6. The van der Waals surface area contributed by atoms with E-state index < -0.39 is 5.60 Å². The Labute approximate surface area is 214 Å². The van der Waals surface area contributed by atoms with E-state index >= 15 is 0 Å². The third kappa shape index (κ3) is 3.05. The minimum Gasteiger partial charge on any atom is -0.496 e. The third-order valence-corrected chi connectivity index (χ3v) is 7.59. The van der Waals surface area contributed by atoms with Crippen molar-refractivity contribution in [2.24, 2.45) is 0 Å². The summed E-state index contributed by atoms with van der Waals surface area (Å²) >= 11 is 0. The molecule has 0 amide bonds. The quantitative estimate of drug-likeness (QED) is 0.201. The number of benzene rings is 5. The number of esters is 1. The summed E-state index contributed by atoms with van der Waals surface area (Å²) in [5, 5.41) is 3.81. The lowest BCUT2D eigenvalue weighted by atomic mass is 9.78. The molecular formula is C33H24O4. The van der Waals surface area contributed by atoms with Crippen LogP contribution < -0.4 is 9.47 Å². The molecular weight excluding hydrogens is 460 g/mol. The van der Waals surface area contributed by atoms with Crippen molar-refractivity contribution in [2.75, 3.05) is 13.7 Å². The average Bonchev–Trinajstić information content (AvgIpc) is 2.95. The molecule has 0 N–H and O–H groups in total. The molecule has 2 aliphatic heterocycles. The molecule has 5 aromatic carbocycles. The number of rotatable bonds is 3. The van der Waals surface area contributed by atoms with Crippen molar-refractivity contribution in [3.8, 4) is 11.5 Å². The number of fused-ring (bicyclic) bond motifs is 4. The first-order valence-corrected chi connectivity index (χ1v) is 12.4. The van der Waals surface area contributed by atoms with Gasteiger partial charge in [-0.05, 0) is 41.5 Å². The van der Waals surface area contributed by atoms with Gasteiger partial charge in [0.05, 0.1) is 12.7 Å². The summed E-state index contributed by atoms with van der Waals surface area (Å²) in [5.74, 6) is 1.11. The van der Waals surface area contributed by atoms with Gasteiger partial charge in [-0.3, -0.25) is 0 Å². The number of carbonyl (C=O) groups is 1. The van der Waals surface area contributed by atoms with Gasteiger partial charge in [0.15, 0.2) is 5.60 Å². The summed E-state index contributed by atoms with van der Waals surface area (Å²) < 4.78 is 18.7. The average molecular weight is 485 g/mol. The Bertz CT molecular complexity index is 1770. The second-order valence-corrected chi connectivity index (χ2v) is 9.61. The van der Waals surface area contributed by atoms with Crippen LogP contribution in [0.2, 0.25) is 0 Å². The molecule has 2 aliphatic rings. The summed E-state index contributed by atoms with van der Waals surface area (Å²) in [4.78, 5) is 13.1. The normalized spacial score (nSPS) is 18.1. The van der Waals surface area contributed by atoms with Crippen molar-refractivity contribution in [3.05, 3.63) is 125 Å². The first kappa shape index (κ1) is 21.7. The van der Waals surface area contributed by atoms with E-state index in [-0.39, 0.29) is 12.6 Å². The number of cyclic esters (lactones) is 1. The van der Waals surface area contributed by atoms with Crippen LogP contribution in [0.25, 0.3) is 27.1 Å². The number of aryl methyl sites for hydroxylation is 1. The van der Waals surface area contributed by atoms with Gasteiger partial charge in [-0.2, -0.15) is 0 Å². The smallest absolute Gasteiger partial charge is 0.339 e. The van der Waals surface area contributed by atoms with Crippen molar-refractivity contribution < 1.29 is 19.0 Å². The van der Waals surface area contributed by atoms with Crippen LogP contribution in [0.15, 0.2) is 97.1 Å². The van der Waals surface area contributed by atoms with E-state index in [1.54, 1.807) is 7.11 Å². The zero-order valence-electron chi connectivity index (χ0n) is 20.6. The minimum absolute atomic E-state index is 0.193. The predicted octanol–water partition coefficient (Wildman–Crippen LogP) is 7.20. The summed E-state index contributed by atoms with van der Waals surface area (Å²) in [6.07, 6.45) is 2.13. The maximum absolute atomic E-state index is 13.1. The monoisotopic (exact) mass is 484 g/mol. The number of ether oxygens (including phenoxy) is 3. The fourth-order valence-electron chi connectivity index (χ4n) is 5.88. The minimum atomic E-state index is -0.900. The van der Waals surface area contributed by atoms with Gasteiger partial charge < -0.3 is 14.2 Å². The fraction of sp³-hybridized carbons (Fsp3) is 0.121. The lowest BCUT2D eigenvalue weighted by Gasteiger charge is -2.40. The molecule has 37 heavy (non-hydrogen) atoms. The lowest BCUT2D eigenvalue weighted by Crippen LogP contribution is -2.38. The highest BCUT2D eigenvalue weighted by Gasteiger charge is 2.43. The third-order valence-electron chi connectivity index (χ3n) is 7.59. The topological polar surface area (TPSA) is 44.8 Å². The van der Waals surface area contributed by atoms with E-state index in [0.717, 1.165) is 55.1 Å². The molecule has 4 nitrogen and oxygen atoms in total. The van der Waals surface area contributed by atoms with Gasteiger partial charge in [0.1, 0.15) is 18.1 Å². The van der Waals surface area contributed by atoms with Gasteiger partial charge in [-0.1, -0.05) is 78.9 Å². The van der Waals surface area contributed by atoms with Crippen LogP contribution >= 0.6 is 0 Å². The molecule has 1 unspecified atom stereocenters. The van der Waals surface area contributed by atoms with Crippen LogP contribution in [-0.2, 0) is 10.3 Å². The predicted molar refractivity (Wildman–Crippen MR) is 145 cm³/mol.